The molecule has 1 aromatic rings. The highest BCUT2D eigenvalue weighted by atomic mass is 19.4. The molecule has 0 fully saturated rings. The molecule has 1 rings (SSSR count). The van der Waals surface area contributed by atoms with E-state index in [1.54, 1.807) is 6.92 Å². The van der Waals surface area contributed by atoms with Crippen LogP contribution in [-0.2, 0) is 0 Å². The van der Waals surface area contributed by atoms with E-state index in [2.05, 4.69) is 4.74 Å². The van der Waals surface area contributed by atoms with E-state index in [1.165, 1.54) is 18.2 Å². The lowest BCUT2D eigenvalue weighted by atomic mass is 10.1. The molecule has 82 valence electrons. The van der Waals surface area contributed by atoms with Crippen LogP contribution >= 0.6 is 0 Å². The monoisotopic (exact) mass is 218 g/mol. The van der Waals surface area contributed by atoms with E-state index in [0.29, 0.717) is 17.4 Å². The van der Waals surface area contributed by atoms with Gasteiger partial charge < -0.3 is 4.74 Å². The minimum Gasteiger partial charge on any atom is -0.484 e. The summed E-state index contributed by atoms with van der Waals surface area (Å²) in [5.74, 6) is 0.0417. The lowest BCUT2D eigenvalue weighted by Gasteiger charge is -2.09. The Labute approximate surface area is 84.7 Å². The first-order valence-corrected chi connectivity index (χ1v) is 4.18. The fraction of sp³-hybridized carbons (Fsp3) is 0.300. The van der Waals surface area contributed by atoms with Crippen LogP contribution in [0, 0.1) is 6.92 Å². The number of carbonyl (C=O) groups is 1. The van der Waals surface area contributed by atoms with E-state index in [9.17, 15) is 18.0 Å². The van der Waals surface area contributed by atoms with Gasteiger partial charge in [0.15, 0.2) is 6.61 Å². The number of alkyl halides is 3. The average Bonchev–Trinajstić information content (AvgIpc) is 2.15. The molecule has 0 saturated heterocycles. The van der Waals surface area contributed by atoms with Gasteiger partial charge in [0.25, 0.3) is 0 Å². The third-order valence-corrected chi connectivity index (χ3v) is 1.78. The van der Waals surface area contributed by atoms with E-state index >= 15 is 0 Å². The first-order chi connectivity index (χ1) is 6.92. The number of hydrogen-bond acceptors (Lipinski definition) is 2. The maximum absolute atomic E-state index is 11.8. The molecule has 0 atom stereocenters. The van der Waals surface area contributed by atoms with Gasteiger partial charge in [0.1, 0.15) is 12.0 Å². The van der Waals surface area contributed by atoms with Gasteiger partial charge in [-0.3, -0.25) is 4.79 Å². The van der Waals surface area contributed by atoms with Gasteiger partial charge in [0.05, 0.1) is 0 Å². The minimum atomic E-state index is -4.37. The number of carbonyl (C=O) groups excluding carboxylic acids is 1. The molecule has 0 spiro atoms. The minimum absolute atomic E-state index is 0.0417. The molecule has 0 heterocycles. The highest BCUT2D eigenvalue weighted by Gasteiger charge is 2.28. The fourth-order valence-electron chi connectivity index (χ4n) is 1.00. The van der Waals surface area contributed by atoms with Crippen molar-refractivity contribution in [3.05, 3.63) is 29.3 Å². The van der Waals surface area contributed by atoms with Crippen LogP contribution in [0.4, 0.5) is 13.2 Å². The molecule has 0 bridgehead atoms. The second-order valence-corrected chi connectivity index (χ2v) is 3.04. The van der Waals surface area contributed by atoms with E-state index < -0.39 is 12.8 Å². The zero-order valence-corrected chi connectivity index (χ0v) is 7.97. The smallest absolute Gasteiger partial charge is 0.422 e. The molecule has 15 heavy (non-hydrogen) atoms. The number of aryl methyl sites for hydroxylation is 1. The van der Waals surface area contributed by atoms with Gasteiger partial charge in [-0.25, -0.2) is 0 Å². The molecule has 0 aromatic heterocycles. The molecule has 0 amide bonds. The Bertz CT molecular complexity index is 358. The van der Waals surface area contributed by atoms with Crippen LogP contribution in [0.1, 0.15) is 15.9 Å². The van der Waals surface area contributed by atoms with Crippen molar-refractivity contribution in [1.82, 2.24) is 0 Å². The van der Waals surface area contributed by atoms with Crippen LogP contribution < -0.4 is 4.74 Å². The molecule has 0 aliphatic carbocycles. The first kappa shape index (κ1) is 11.6. The molecule has 1 aromatic carbocycles. The number of benzene rings is 1. The quantitative estimate of drug-likeness (QED) is 0.729. The zero-order chi connectivity index (χ0) is 11.5. The largest absolute Gasteiger partial charge is 0.484 e. The van der Waals surface area contributed by atoms with Crippen LogP contribution in [0.3, 0.4) is 0 Å². The Morgan fingerprint density at radius 1 is 1.40 bits per heavy atom. The molecule has 0 aliphatic heterocycles. The summed E-state index contributed by atoms with van der Waals surface area (Å²) in [6.45, 7) is 0.339. The van der Waals surface area contributed by atoms with Crippen molar-refractivity contribution in [3.63, 3.8) is 0 Å². The third-order valence-electron chi connectivity index (χ3n) is 1.78. The van der Waals surface area contributed by atoms with Gasteiger partial charge in [0.2, 0.25) is 0 Å². The molecule has 0 N–H and O–H groups in total. The fourth-order valence-corrected chi connectivity index (χ4v) is 1.00. The van der Waals surface area contributed by atoms with Gasteiger partial charge in [0, 0.05) is 5.56 Å². The number of rotatable bonds is 3. The predicted molar refractivity (Wildman–Crippen MR) is 48.1 cm³/mol. The third kappa shape index (κ3) is 3.61. The summed E-state index contributed by atoms with van der Waals surface area (Å²) in [7, 11) is 0. The Morgan fingerprint density at radius 2 is 2.07 bits per heavy atom. The molecule has 0 unspecified atom stereocenters. The summed E-state index contributed by atoms with van der Waals surface area (Å²) < 4.78 is 39.9. The highest BCUT2D eigenvalue weighted by Crippen LogP contribution is 2.20. The first-order valence-electron chi connectivity index (χ1n) is 4.18. The summed E-state index contributed by atoms with van der Waals surface area (Å²) in [5.41, 5.74) is 1.03. The van der Waals surface area contributed by atoms with E-state index in [1.807, 2.05) is 0 Å². The van der Waals surface area contributed by atoms with Crippen LogP contribution in [0.5, 0.6) is 5.75 Å². The molecular weight excluding hydrogens is 209 g/mol. The molecule has 0 saturated carbocycles. The molecular formula is C10H9F3O2. The standard InChI is InChI=1S/C10H9F3O2/c1-7-2-3-9(4-8(7)5-14)15-6-10(11,12)13/h2-5H,6H2,1H3. The Balaban J connectivity index is 2.75. The van der Waals surface area contributed by atoms with Gasteiger partial charge in [-0.15, -0.1) is 0 Å². The van der Waals surface area contributed by atoms with Gasteiger partial charge in [-0.2, -0.15) is 13.2 Å². The maximum atomic E-state index is 11.8. The van der Waals surface area contributed by atoms with Crippen molar-refractivity contribution in [2.75, 3.05) is 6.61 Å². The van der Waals surface area contributed by atoms with Crippen molar-refractivity contribution < 1.29 is 22.7 Å². The predicted octanol–water partition coefficient (Wildman–Crippen LogP) is 2.75. The van der Waals surface area contributed by atoms with Crippen LogP contribution in [-0.4, -0.2) is 19.1 Å². The van der Waals surface area contributed by atoms with Crippen LogP contribution in [0.2, 0.25) is 0 Å². The lowest BCUT2D eigenvalue weighted by Crippen LogP contribution is -2.19. The summed E-state index contributed by atoms with van der Waals surface area (Å²) in [4.78, 5) is 10.5. The number of aldehydes is 1. The molecule has 5 heteroatoms. The number of hydrogen-bond donors (Lipinski definition) is 0. The number of ether oxygens (including phenoxy) is 1. The Hall–Kier alpha value is -1.52. The van der Waals surface area contributed by atoms with Gasteiger partial charge in [-0.05, 0) is 24.6 Å². The molecule has 0 radical (unpaired) electrons. The summed E-state index contributed by atoms with van der Waals surface area (Å²) in [5, 5.41) is 0. The van der Waals surface area contributed by atoms with Crippen LogP contribution in [0.25, 0.3) is 0 Å². The second-order valence-electron chi connectivity index (χ2n) is 3.04. The lowest BCUT2D eigenvalue weighted by molar-refractivity contribution is -0.153. The van der Waals surface area contributed by atoms with E-state index in [4.69, 9.17) is 0 Å². The van der Waals surface area contributed by atoms with E-state index in [0.717, 1.165) is 0 Å². The maximum Gasteiger partial charge on any atom is 0.422 e. The van der Waals surface area contributed by atoms with Crippen molar-refractivity contribution in [1.29, 1.82) is 0 Å². The van der Waals surface area contributed by atoms with Crippen molar-refractivity contribution in [2.24, 2.45) is 0 Å². The molecule has 0 aliphatic rings. The SMILES string of the molecule is Cc1ccc(OCC(F)(F)F)cc1C=O. The number of halogens is 3. The van der Waals surface area contributed by atoms with E-state index in [-0.39, 0.29) is 5.75 Å². The Morgan fingerprint density at radius 3 is 2.60 bits per heavy atom. The zero-order valence-electron chi connectivity index (χ0n) is 7.97. The topological polar surface area (TPSA) is 26.3 Å². The Kier molecular flexibility index (Phi) is 3.34. The second kappa shape index (κ2) is 4.33. The summed E-state index contributed by atoms with van der Waals surface area (Å²) in [6.07, 6.45) is -3.79. The summed E-state index contributed by atoms with van der Waals surface area (Å²) in [6, 6.07) is 4.22. The van der Waals surface area contributed by atoms with Crippen molar-refractivity contribution in [3.8, 4) is 5.75 Å². The average molecular weight is 218 g/mol. The van der Waals surface area contributed by atoms with Crippen molar-refractivity contribution in [2.45, 2.75) is 13.1 Å². The highest BCUT2D eigenvalue weighted by molar-refractivity contribution is 5.77. The van der Waals surface area contributed by atoms with Crippen LogP contribution in [0.15, 0.2) is 18.2 Å². The summed E-state index contributed by atoms with van der Waals surface area (Å²) >= 11 is 0. The van der Waals surface area contributed by atoms with Gasteiger partial charge >= 0.3 is 6.18 Å². The van der Waals surface area contributed by atoms with Gasteiger partial charge in [-0.1, -0.05) is 6.07 Å². The normalized spacial score (nSPS) is 11.2. The van der Waals surface area contributed by atoms with Crippen molar-refractivity contribution >= 4 is 6.29 Å². The molecule has 2 nitrogen and oxygen atoms in total.